The second-order valence-corrected chi connectivity index (χ2v) is 4.37. The first-order chi connectivity index (χ1) is 9.58. The van der Waals surface area contributed by atoms with Crippen LogP contribution in [0.5, 0.6) is 0 Å². The van der Waals surface area contributed by atoms with Crippen molar-refractivity contribution in [3.63, 3.8) is 0 Å². The van der Waals surface area contributed by atoms with E-state index in [1.54, 1.807) is 0 Å². The van der Waals surface area contributed by atoms with Crippen molar-refractivity contribution in [3.05, 3.63) is 35.4 Å². The lowest BCUT2D eigenvalue weighted by atomic mass is 10.1. The highest BCUT2D eigenvalue weighted by Crippen LogP contribution is 2.30. The number of hydrogen-bond acceptors (Lipinski definition) is 7. The molecule has 2 rings (SSSR count). The van der Waals surface area contributed by atoms with E-state index < -0.39 is 30.2 Å². The second kappa shape index (κ2) is 6.14. The van der Waals surface area contributed by atoms with E-state index in [1.807, 2.05) is 0 Å². The molecule has 1 aromatic rings. The van der Waals surface area contributed by atoms with Gasteiger partial charge in [-0.15, -0.1) is 6.58 Å². The molecule has 0 radical (unpaired) electrons. The zero-order chi connectivity index (χ0) is 14.7. The van der Waals surface area contributed by atoms with Crippen molar-refractivity contribution in [3.8, 4) is 0 Å². The quantitative estimate of drug-likeness (QED) is 0.571. The van der Waals surface area contributed by atoms with E-state index >= 15 is 0 Å². The van der Waals surface area contributed by atoms with Gasteiger partial charge in [0.1, 0.15) is 24.1 Å². The van der Waals surface area contributed by atoms with Gasteiger partial charge in [-0.2, -0.15) is 4.98 Å². The molecule has 20 heavy (non-hydrogen) atoms. The lowest BCUT2D eigenvalue weighted by Crippen LogP contribution is -2.38. The number of nitrogens with two attached hydrogens (primary N) is 1. The summed E-state index contributed by atoms with van der Waals surface area (Å²) in [6.45, 7) is 3.31. The zero-order valence-electron chi connectivity index (χ0n) is 10.8. The van der Waals surface area contributed by atoms with Crippen molar-refractivity contribution in [1.29, 1.82) is 0 Å². The highest BCUT2D eigenvalue weighted by atomic mass is 16.6. The monoisotopic (exact) mass is 283 g/mol. The van der Waals surface area contributed by atoms with E-state index in [-0.39, 0.29) is 19.0 Å². The van der Waals surface area contributed by atoms with E-state index in [0.717, 1.165) is 0 Å². The Morgan fingerprint density at radius 3 is 3.00 bits per heavy atom. The number of aliphatic hydroxyl groups is 2. The molecule has 0 aliphatic carbocycles. The maximum atomic E-state index is 11.8. The maximum absolute atomic E-state index is 11.8. The molecule has 4 atom stereocenters. The summed E-state index contributed by atoms with van der Waals surface area (Å²) >= 11 is 0. The molecule has 1 saturated heterocycles. The second-order valence-electron chi connectivity index (χ2n) is 4.37. The molecule has 8 nitrogen and oxygen atoms in total. The van der Waals surface area contributed by atoms with Crippen molar-refractivity contribution in [1.82, 2.24) is 9.55 Å². The van der Waals surface area contributed by atoms with Crippen LogP contribution in [-0.4, -0.2) is 51.3 Å². The third-order valence-electron chi connectivity index (χ3n) is 3.02. The minimum Gasteiger partial charge on any atom is -0.394 e. The zero-order valence-corrected chi connectivity index (χ0v) is 10.8. The SMILES string of the molecule is C=CCO[C@@H]1[C@@H](O)[C@@H](CO)O[C@H]1n1ccc(N)nc1=O. The normalized spacial score (nSPS) is 29.5. The Hall–Kier alpha value is -1.74. The van der Waals surface area contributed by atoms with Gasteiger partial charge in [0, 0.05) is 6.20 Å². The van der Waals surface area contributed by atoms with Crippen molar-refractivity contribution >= 4 is 5.82 Å². The van der Waals surface area contributed by atoms with E-state index in [4.69, 9.17) is 15.2 Å². The smallest absolute Gasteiger partial charge is 0.351 e. The molecule has 1 aliphatic rings. The number of rotatable bonds is 5. The molecule has 4 N–H and O–H groups in total. The van der Waals surface area contributed by atoms with Gasteiger partial charge in [0.25, 0.3) is 0 Å². The third-order valence-corrected chi connectivity index (χ3v) is 3.02. The van der Waals surface area contributed by atoms with E-state index in [1.165, 1.54) is 22.9 Å². The van der Waals surface area contributed by atoms with Gasteiger partial charge < -0.3 is 25.4 Å². The number of anilines is 1. The van der Waals surface area contributed by atoms with Gasteiger partial charge in [-0.3, -0.25) is 4.57 Å². The van der Waals surface area contributed by atoms with Crippen LogP contribution in [0.4, 0.5) is 5.82 Å². The Bertz CT molecular complexity index is 532. The van der Waals surface area contributed by atoms with E-state index in [9.17, 15) is 15.0 Å². The fourth-order valence-electron chi connectivity index (χ4n) is 2.07. The van der Waals surface area contributed by atoms with Crippen LogP contribution in [0.15, 0.2) is 29.7 Å². The van der Waals surface area contributed by atoms with Crippen LogP contribution in [0, 0.1) is 0 Å². The van der Waals surface area contributed by atoms with Crippen LogP contribution < -0.4 is 11.4 Å². The first kappa shape index (κ1) is 14.7. The Balaban J connectivity index is 2.31. The fourth-order valence-corrected chi connectivity index (χ4v) is 2.07. The first-order valence-corrected chi connectivity index (χ1v) is 6.10. The van der Waals surface area contributed by atoms with Crippen LogP contribution >= 0.6 is 0 Å². The molecule has 2 heterocycles. The average Bonchev–Trinajstić information content (AvgIpc) is 2.73. The van der Waals surface area contributed by atoms with Crippen LogP contribution in [0.1, 0.15) is 6.23 Å². The molecule has 8 heteroatoms. The molecular weight excluding hydrogens is 266 g/mol. The number of aliphatic hydroxyl groups excluding tert-OH is 2. The van der Waals surface area contributed by atoms with Crippen LogP contribution in [0.25, 0.3) is 0 Å². The molecule has 1 aliphatic heterocycles. The molecule has 0 spiro atoms. The van der Waals surface area contributed by atoms with Gasteiger partial charge >= 0.3 is 5.69 Å². The molecule has 0 amide bonds. The van der Waals surface area contributed by atoms with E-state index in [2.05, 4.69) is 11.6 Å². The molecule has 110 valence electrons. The largest absolute Gasteiger partial charge is 0.394 e. The minimum absolute atomic E-state index is 0.0899. The van der Waals surface area contributed by atoms with Crippen molar-refractivity contribution in [2.24, 2.45) is 0 Å². The Morgan fingerprint density at radius 2 is 2.40 bits per heavy atom. The summed E-state index contributed by atoms with van der Waals surface area (Å²) in [7, 11) is 0. The first-order valence-electron chi connectivity index (χ1n) is 6.10. The van der Waals surface area contributed by atoms with Crippen LogP contribution in [-0.2, 0) is 9.47 Å². The Morgan fingerprint density at radius 1 is 1.65 bits per heavy atom. The Labute approximate surface area is 115 Å². The van der Waals surface area contributed by atoms with Gasteiger partial charge in [0.15, 0.2) is 6.23 Å². The molecule has 0 unspecified atom stereocenters. The van der Waals surface area contributed by atoms with Crippen molar-refractivity contribution in [2.75, 3.05) is 18.9 Å². The number of aromatic nitrogens is 2. The lowest BCUT2D eigenvalue weighted by molar-refractivity contribution is -0.0685. The van der Waals surface area contributed by atoms with Gasteiger partial charge in [-0.05, 0) is 6.07 Å². The summed E-state index contributed by atoms with van der Waals surface area (Å²) in [5.74, 6) is 0.0899. The predicted octanol–water partition coefficient (Wildman–Crippen LogP) is -1.35. The van der Waals surface area contributed by atoms with Crippen molar-refractivity contribution < 1.29 is 19.7 Å². The molecule has 0 aromatic carbocycles. The minimum atomic E-state index is -1.06. The van der Waals surface area contributed by atoms with Crippen LogP contribution in [0.2, 0.25) is 0 Å². The highest BCUT2D eigenvalue weighted by molar-refractivity contribution is 5.23. The molecule has 0 bridgehead atoms. The summed E-state index contributed by atoms with van der Waals surface area (Å²) in [4.78, 5) is 15.4. The highest BCUT2D eigenvalue weighted by Gasteiger charge is 2.45. The Kier molecular flexibility index (Phi) is 4.50. The summed E-state index contributed by atoms with van der Waals surface area (Å²) in [5, 5.41) is 19.2. The molecule has 0 saturated carbocycles. The predicted molar refractivity (Wildman–Crippen MR) is 69.8 cm³/mol. The van der Waals surface area contributed by atoms with Gasteiger partial charge in [-0.25, -0.2) is 4.79 Å². The number of nitrogens with zero attached hydrogens (tertiary/aromatic N) is 2. The standard InChI is InChI=1S/C12H17N3O5/c1-2-5-19-10-9(17)7(6-16)20-11(10)15-4-3-8(13)14-12(15)18/h2-4,7,9-11,16-17H,1,5-6H2,(H2,13,14,18)/t7-,9+,10-,11-/m1/s1. The van der Waals surface area contributed by atoms with Crippen molar-refractivity contribution in [2.45, 2.75) is 24.5 Å². The van der Waals surface area contributed by atoms with Gasteiger partial charge in [0.2, 0.25) is 0 Å². The summed E-state index contributed by atoms with van der Waals surface area (Å²) in [5.41, 5.74) is 4.81. The molecular formula is C12H17N3O5. The summed E-state index contributed by atoms with van der Waals surface area (Å²) < 4.78 is 12.1. The fraction of sp³-hybridized carbons (Fsp3) is 0.500. The molecule has 1 aromatic heterocycles. The maximum Gasteiger partial charge on any atom is 0.351 e. The van der Waals surface area contributed by atoms with Crippen LogP contribution in [0.3, 0.4) is 0 Å². The average molecular weight is 283 g/mol. The lowest BCUT2D eigenvalue weighted by Gasteiger charge is -2.21. The number of nitrogen functional groups attached to an aromatic ring is 1. The number of hydrogen-bond donors (Lipinski definition) is 3. The van der Waals surface area contributed by atoms with Gasteiger partial charge in [0.05, 0.1) is 13.2 Å². The summed E-state index contributed by atoms with van der Waals surface area (Å²) in [6.07, 6.45) is -0.670. The number of ether oxygens (including phenoxy) is 2. The van der Waals surface area contributed by atoms with Gasteiger partial charge in [-0.1, -0.05) is 6.08 Å². The van der Waals surface area contributed by atoms with E-state index in [0.29, 0.717) is 0 Å². The molecule has 1 fully saturated rings. The topological polar surface area (TPSA) is 120 Å². The third kappa shape index (κ3) is 2.73. The summed E-state index contributed by atoms with van der Waals surface area (Å²) in [6, 6.07) is 1.44.